The van der Waals surface area contributed by atoms with Gasteiger partial charge in [-0.15, -0.1) is 0 Å². The molecule has 0 atom stereocenters. The summed E-state index contributed by atoms with van der Waals surface area (Å²) in [4.78, 5) is 22.6. The summed E-state index contributed by atoms with van der Waals surface area (Å²) in [5, 5.41) is 7.87. The highest BCUT2D eigenvalue weighted by Crippen LogP contribution is 2.18. The molecule has 0 aromatic heterocycles. The molecule has 0 aromatic rings. The van der Waals surface area contributed by atoms with Crippen molar-refractivity contribution >= 4 is 11.9 Å². The fraction of sp³-hybridized carbons (Fsp3) is 0.778. The molecule has 1 fully saturated rings. The molecule has 0 bridgehead atoms. The Morgan fingerprint density at radius 1 is 1.29 bits per heavy atom. The van der Waals surface area contributed by atoms with E-state index in [2.05, 4.69) is 16.0 Å². The Bertz CT molecular complexity index is 246. The van der Waals surface area contributed by atoms with Gasteiger partial charge in [0, 0.05) is 13.1 Å². The van der Waals surface area contributed by atoms with Gasteiger partial charge >= 0.3 is 6.03 Å². The average Bonchev–Trinajstić information content (AvgIpc) is 2.85. The average molecular weight is 199 g/mol. The first-order valence-corrected chi connectivity index (χ1v) is 4.76. The van der Waals surface area contributed by atoms with Crippen molar-refractivity contribution in [2.45, 2.75) is 38.3 Å². The van der Waals surface area contributed by atoms with Gasteiger partial charge in [-0.2, -0.15) is 0 Å². The molecule has 0 aromatic carbocycles. The molecular formula is C9H17N3O2. The number of urea groups is 1. The summed E-state index contributed by atoms with van der Waals surface area (Å²) in [5.41, 5.74) is -0.867. The van der Waals surface area contributed by atoms with Crippen LogP contribution >= 0.6 is 0 Å². The molecule has 0 aliphatic heterocycles. The summed E-state index contributed by atoms with van der Waals surface area (Å²) in [6.45, 7) is 3.33. The Morgan fingerprint density at radius 2 is 1.86 bits per heavy atom. The van der Waals surface area contributed by atoms with E-state index < -0.39 is 5.54 Å². The Kier molecular flexibility index (Phi) is 2.98. The Hall–Kier alpha value is -1.26. The fourth-order valence-electron chi connectivity index (χ4n) is 1.10. The van der Waals surface area contributed by atoms with Crippen LogP contribution < -0.4 is 16.0 Å². The summed E-state index contributed by atoms with van der Waals surface area (Å²) in [7, 11) is 1.55. The monoisotopic (exact) mass is 199 g/mol. The van der Waals surface area contributed by atoms with Crippen molar-refractivity contribution in [1.82, 2.24) is 16.0 Å². The molecule has 3 N–H and O–H groups in total. The van der Waals surface area contributed by atoms with Crippen LogP contribution in [-0.4, -0.2) is 30.6 Å². The first-order valence-electron chi connectivity index (χ1n) is 4.76. The van der Waals surface area contributed by atoms with Gasteiger partial charge in [-0.1, -0.05) is 0 Å². The fourth-order valence-corrected chi connectivity index (χ4v) is 1.10. The maximum absolute atomic E-state index is 11.3. The van der Waals surface area contributed by atoms with Gasteiger partial charge in [-0.25, -0.2) is 4.79 Å². The van der Waals surface area contributed by atoms with Gasteiger partial charge in [0.15, 0.2) is 0 Å². The summed E-state index contributed by atoms with van der Waals surface area (Å²) in [6.07, 6.45) is 2.07. The van der Waals surface area contributed by atoms with Crippen LogP contribution in [0.1, 0.15) is 26.7 Å². The van der Waals surface area contributed by atoms with Crippen LogP contribution in [0.3, 0.4) is 0 Å². The number of amides is 3. The van der Waals surface area contributed by atoms with Crippen molar-refractivity contribution in [2.24, 2.45) is 0 Å². The van der Waals surface area contributed by atoms with Crippen molar-refractivity contribution in [1.29, 1.82) is 0 Å². The standard InChI is InChI=1S/C9H17N3O2/c1-9(2,7(13)10-3)12-8(14)11-6-4-5-6/h6H,4-5H2,1-3H3,(H,10,13)(H2,11,12,14). The number of nitrogens with one attached hydrogen (secondary N) is 3. The van der Waals surface area contributed by atoms with Crippen LogP contribution in [0, 0.1) is 0 Å². The van der Waals surface area contributed by atoms with Gasteiger partial charge < -0.3 is 16.0 Å². The lowest BCUT2D eigenvalue weighted by Gasteiger charge is -2.24. The molecule has 0 saturated heterocycles. The first-order chi connectivity index (χ1) is 6.45. The van der Waals surface area contributed by atoms with E-state index in [1.165, 1.54) is 0 Å². The zero-order valence-electron chi connectivity index (χ0n) is 8.81. The van der Waals surface area contributed by atoms with Gasteiger partial charge in [0.2, 0.25) is 5.91 Å². The van der Waals surface area contributed by atoms with Gasteiger partial charge in [-0.05, 0) is 26.7 Å². The lowest BCUT2D eigenvalue weighted by molar-refractivity contribution is -0.125. The zero-order valence-corrected chi connectivity index (χ0v) is 8.81. The molecule has 1 aliphatic carbocycles. The molecule has 14 heavy (non-hydrogen) atoms. The van der Waals surface area contributed by atoms with Crippen LogP contribution in [0.4, 0.5) is 4.79 Å². The Labute approximate surface area is 83.6 Å². The van der Waals surface area contributed by atoms with Crippen molar-refractivity contribution in [3.63, 3.8) is 0 Å². The second-order valence-electron chi connectivity index (χ2n) is 4.08. The number of likely N-dealkylation sites (N-methyl/N-ethyl adjacent to an activating group) is 1. The zero-order chi connectivity index (χ0) is 10.8. The van der Waals surface area contributed by atoms with Gasteiger partial charge in [0.25, 0.3) is 0 Å². The smallest absolute Gasteiger partial charge is 0.315 e. The highest BCUT2D eigenvalue weighted by atomic mass is 16.2. The SMILES string of the molecule is CNC(=O)C(C)(C)NC(=O)NC1CC1. The van der Waals surface area contributed by atoms with Gasteiger partial charge in [0.1, 0.15) is 5.54 Å². The van der Waals surface area contributed by atoms with Crippen LogP contribution in [0.15, 0.2) is 0 Å². The van der Waals surface area contributed by atoms with E-state index >= 15 is 0 Å². The van der Waals surface area contributed by atoms with Crippen molar-refractivity contribution < 1.29 is 9.59 Å². The van der Waals surface area contributed by atoms with Crippen molar-refractivity contribution in [2.75, 3.05) is 7.05 Å². The van der Waals surface area contributed by atoms with Gasteiger partial charge in [-0.3, -0.25) is 4.79 Å². The largest absolute Gasteiger partial charge is 0.357 e. The van der Waals surface area contributed by atoms with E-state index in [1.54, 1.807) is 20.9 Å². The van der Waals surface area contributed by atoms with E-state index in [4.69, 9.17) is 0 Å². The molecular weight excluding hydrogens is 182 g/mol. The Balaban J connectivity index is 2.39. The molecule has 3 amide bonds. The normalized spacial score (nSPS) is 15.9. The quantitative estimate of drug-likeness (QED) is 0.597. The molecule has 0 unspecified atom stereocenters. The van der Waals surface area contributed by atoms with E-state index in [1.807, 2.05) is 0 Å². The topological polar surface area (TPSA) is 70.2 Å². The van der Waals surface area contributed by atoms with Crippen LogP contribution in [0.25, 0.3) is 0 Å². The minimum Gasteiger partial charge on any atom is -0.357 e. The number of carbonyl (C=O) groups excluding carboxylic acids is 2. The minimum atomic E-state index is -0.867. The molecule has 0 spiro atoms. The molecule has 0 heterocycles. The van der Waals surface area contributed by atoms with E-state index in [9.17, 15) is 9.59 Å². The van der Waals surface area contributed by atoms with Crippen LogP contribution in [0.5, 0.6) is 0 Å². The third-order valence-corrected chi connectivity index (χ3v) is 2.13. The van der Waals surface area contributed by atoms with Gasteiger partial charge in [0.05, 0.1) is 0 Å². The first kappa shape index (κ1) is 10.8. The Morgan fingerprint density at radius 3 is 2.29 bits per heavy atom. The van der Waals surface area contributed by atoms with Crippen molar-refractivity contribution in [3.8, 4) is 0 Å². The maximum atomic E-state index is 11.3. The van der Waals surface area contributed by atoms with Crippen LogP contribution in [0.2, 0.25) is 0 Å². The maximum Gasteiger partial charge on any atom is 0.315 e. The molecule has 80 valence electrons. The highest BCUT2D eigenvalue weighted by molar-refractivity contribution is 5.90. The van der Waals surface area contributed by atoms with Crippen molar-refractivity contribution in [3.05, 3.63) is 0 Å². The predicted octanol–water partition coefficient (Wildman–Crippen LogP) is -0.0274. The number of rotatable bonds is 3. The lowest BCUT2D eigenvalue weighted by atomic mass is 10.1. The lowest BCUT2D eigenvalue weighted by Crippen LogP contribution is -2.56. The third-order valence-electron chi connectivity index (χ3n) is 2.13. The third kappa shape index (κ3) is 2.90. The second-order valence-corrected chi connectivity index (χ2v) is 4.08. The number of hydrogen-bond acceptors (Lipinski definition) is 2. The second kappa shape index (κ2) is 3.86. The molecule has 5 heteroatoms. The van der Waals surface area contributed by atoms with Crippen LogP contribution in [-0.2, 0) is 4.79 Å². The molecule has 1 saturated carbocycles. The summed E-state index contributed by atoms with van der Waals surface area (Å²) in [6, 6.07) is 0.0246. The molecule has 0 radical (unpaired) electrons. The summed E-state index contributed by atoms with van der Waals surface area (Å²) >= 11 is 0. The predicted molar refractivity (Wildman–Crippen MR) is 52.8 cm³/mol. The van der Waals surface area contributed by atoms with E-state index in [0.29, 0.717) is 6.04 Å². The summed E-state index contributed by atoms with van der Waals surface area (Å²) < 4.78 is 0. The highest BCUT2D eigenvalue weighted by Gasteiger charge is 2.30. The molecule has 1 aliphatic rings. The number of carbonyl (C=O) groups is 2. The summed E-state index contributed by atoms with van der Waals surface area (Å²) in [5.74, 6) is -0.205. The molecule has 1 rings (SSSR count). The van der Waals surface area contributed by atoms with E-state index in [-0.39, 0.29) is 11.9 Å². The molecule has 5 nitrogen and oxygen atoms in total. The van der Waals surface area contributed by atoms with E-state index in [0.717, 1.165) is 12.8 Å². The number of hydrogen-bond donors (Lipinski definition) is 3. The minimum absolute atomic E-state index is 0.205.